The van der Waals surface area contributed by atoms with E-state index in [1.807, 2.05) is 6.92 Å². The van der Waals surface area contributed by atoms with Crippen molar-refractivity contribution >= 4 is 11.9 Å². The third-order valence-corrected chi connectivity index (χ3v) is 2.37. The van der Waals surface area contributed by atoms with E-state index in [1.165, 1.54) is 12.1 Å². The van der Waals surface area contributed by atoms with Crippen LogP contribution < -0.4 is 69.3 Å². The Bertz CT molecular complexity index is 419. The van der Waals surface area contributed by atoms with Gasteiger partial charge in [0.15, 0.2) is 0 Å². The molecule has 0 unspecified atom stereocenters. The molecule has 0 heterocycles. The van der Waals surface area contributed by atoms with E-state index in [0.29, 0.717) is 12.0 Å². The number of benzene rings is 1. The van der Waals surface area contributed by atoms with Gasteiger partial charge in [-0.1, -0.05) is 31.5 Å². The largest absolute Gasteiger partial charge is 1.00 e. The standard InChI is InChI=1S/C12H14O4.2Na/c1-2-3-5-8-6-4-7-9(11(13)14)10(8)12(15)16;;/h4,6-7H,2-3,5H2,1H3,(H,13,14)(H,15,16);;/q;2*+1/p-2. The van der Waals surface area contributed by atoms with Gasteiger partial charge in [0.25, 0.3) is 0 Å². The zero-order chi connectivity index (χ0) is 12.1. The van der Waals surface area contributed by atoms with Crippen LogP contribution in [0.3, 0.4) is 0 Å². The van der Waals surface area contributed by atoms with E-state index >= 15 is 0 Å². The van der Waals surface area contributed by atoms with Crippen LogP contribution in [0.25, 0.3) is 0 Å². The molecule has 0 aliphatic carbocycles. The average molecular weight is 266 g/mol. The molecule has 0 amide bonds. The number of unbranched alkanes of at least 4 members (excludes halogenated alkanes) is 1. The Balaban J connectivity index is 0. The van der Waals surface area contributed by atoms with Crippen molar-refractivity contribution < 1.29 is 78.9 Å². The summed E-state index contributed by atoms with van der Waals surface area (Å²) < 4.78 is 0. The van der Waals surface area contributed by atoms with Crippen molar-refractivity contribution in [3.05, 3.63) is 34.9 Å². The van der Waals surface area contributed by atoms with Gasteiger partial charge in [-0.3, -0.25) is 0 Å². The van der Waals surface area contributed by atoms with Crippen LogP contribution in [0, 0.1) is 0 Å². The second kappa shape index (κ2) is 10.0. The summed E-state index contributed by atoms with van der Waals surface area (Å²) in [7, 11) is 0. The first kappa shape index (κ1) is 20.5. The molecule has 0 saturated carbocycles. The normalized spacial score (nSPS) is 8.94. The molecule has 0 N–H and O–H groups in total. The summed E-state index contributed by atoms with van der Waals surface area (Å²) in [5, 5.41) is 21.7. The van der Waals surface area contributed by atoms with Crippen LogP contribution in [0.5, 0.6) is 0 Å². The predicted octanol–water partition coefficient (Wildman–Crippen LogP) is -6.24. The summed E-state index contributed by atoms with van der Waals surface area (Å²) in [4.78, 5) is 21.7. The second-order valence-corrected chi connectivity index (χ2v) is 3.52. The smallest absolute Gasteiger partial charge is 0.545 e. The summed E-state index contributed by atoms with van der Waals surface area (Å²) in [5.41, 5.74) is -0.0758. The fourth-order valence-corrected chi connectivity index (χ4v) is 1.59. The maximum atomic E-state index is 10.9. The van der Waals surface area contributed by atoms with Crippen molar-refractivity contribution in [1.82, 2.24) is 0 Å². The number of carbonyl (C=O) groups excluding carboxylic acids is 2. The Morgan fingerprint density at radius 3 is 2.17 bits per heavy atom. The van der Waals surface area contributed by atoms with Crippen LogP contribution >= 0.6 is 0 Å². The minimum atomic E-state index is -1.49. The van der Waals surface area contributed by atoms with Crippen molar-refractivity contribution in [1.29, 1.82) is 0 Å². The number of aromatic carboxylic acids is 2. The summed E-state index contributed by atoms with van der Waals surface area (Å²) >= 11 is 0. The van der Waals surface area contributed by atoms with Gasteiger partial charge < -0.3 is 19.8 Å². The molecule has 0 radical (unpaired) electrons. The first-order chi connectivity index (χ1) is 7.57. The van der Waals surface area contributed by atoms with Crippen molar-refractivity contribution in [2.75, 3.05) is 0 Å². The van der Waals surface area contributed by atoms with Gasteiger partial charge in [-0.15, -0.1) is 0 Å². The molecule has 1 aromatic carbocycles. The molecule has 6 heteroatoms. The van der Waals surface area contributed by atoms with Gasteiger partial charge in [0.1, 0.15) is 0 Å². The van der Waals surface area contributed by atoms with Crippen LogP contribution in [-0.4, -0.2) is 11.9 Å². The SMILES string of the molecule is CCCCc1cccc(C(=O)[O-])c1C(=O)[O-].[Na+].[Na+]. The van der Waals surface area contributed by atoms with E-state index in [9.17, 15) is 19.8 Å². The van der Waals surface area contributed by atoms with Gasteiger partial charge in [-0.25, -0.2) is 0 Å². The number of carboxylic acid groups (broad SMARTS) is 2. The molecule has 0 atom stereocenters. The van der Waals surface area contributed by atoms with Gasteiger partial charge in [0, 0.05) is 11.1 Å². The molecule has 1 aromatic rings. The molecule has 1 rings (SSSR count). The van der Waals surface area contributed by atoms with Crippen molar-refractivity contribution in [3.8, 4) is 0 Å². The van der Waals surface area contributed by atoms with Gasteiger partial charge in [-0.05, 0) is 18.4 Å². The van der Waals surface area contributed by atoms with Gasteiger partial charge in [-0.2, -0.15) is 0 Å². The van der Waals surface area contributed by atoms with Crippen LogP contribution in [0.1, 0.15) is 46.0 Å². The Labute approximate surface area is 150 Å². The van der Waals surface area contributed by atoms with Crippen LogP contribution in [0.4, 0.5) is 0 Å². The molecular formula is C12H12Na2O4. The van der Waals surface area contributed by atoms with E-state index in [1.54, 1.807) is 6.07 Å². The molecule has 86 valence electrons. The summed E-state index contributed by atoms with van der Waals surface area (Å²) in [6.45, 7) is 1.97. The maximum absolute atomic E-state index is 10.9. The minimum absolute atomic E-state index is 0. The number of aryl methyl sites for hydroxylation is 1. The predicted molar refractivity (Wildman–Crippen MR) is 53.7 cm³/mol. The topological polar surface area (TPSA) is 80.3 Å². The van der Waals surface area contributed by atoms with Crippen molar-refractivity contribution in [2.45, 2.75) is 26.2 Å². The molecular weight excluding hydrogens is 254 g/mol. The molecule has 0 fully saturated rings. The number of carboxylic acids is 2. The maximum Gasteiger partial charge on any atom is 1.00 e. The summed E-state index contributed by atoms with van der Waals surface area (Å²) in [5.74, 6) is -2.96. The van der Waals surface area contributed by atoms with E-state index in [4.69, 9.17) is 0 Å². The fourth-order valence-electron chi connectivity index (χ4n) is 1.59. The number of hydrogen-bond donors (Lipinski definition) is 0. The van der Waals surface area contributed by atoms with E-state index in [2.05, 4.69) is 0 Å². The molecule has 4 nitrogen and oxygen atoms in total. The molecule has 0 spiro atoms. The zero-order valence-corrected chi connectivity index (χ0v) is 15.0. The summed E-state index contributed by atoms with van der Waals surface area (Å²) in [6, 6.07) is 4.34. The number of hydrogen-bond acceptors (Lipinski definition) is 4. The van der Waals surface area contributed by atoms with Gasteiger partial charge in [0.2, 0.25) is 0 Å². The molecule has 18 heavy (non-hydrogen) atoms. The monoisotopic (exact) mass is 266 g/mol. The molecule has 0 bridgehead atoms. The Morgan fingerprint density at radius 2 is 1.72 bits per heavy atom. The third-order valence-electron chi connectivity index (χ3n) is 2.37. The Hall–Kier alpha value is 0.160. The van der Waals surface area contributed by atoms with Gasteiger partial charge in [0.05, 0.1) is 11.9 Å². The first-order valence-corrected chi connectivity index (χ1v) is 5.12. The van der Waals surface area contributed by atoms with Crippen molar-refractivity contribution in [3.63, 3.8) is 0 Å². The van der Waals surface area contributed by atoms with Crippen LogP contribution in [0.15, 0.2) is 18.2 Å². The fraction of sp³-hybridized carbons (Fsp3) is 0.333. The molecule has 0 aliphatic heterocycles. The van der Waals surface area contributed by atoms with Gasteiger partial charge >= 0.3 is 59.1 Å². The van der Waals surface area contributed by atoms with E-state index in [-0.39, 0.29) is 70.2 Å². The Kier molecular flexibility index (Phi) is 11.4. The minimum Gasteiger partial charge on any atom is -0.545 e. The first-order valence-electron chi connectivity index (χ1n) is 5.12. The van der Waals surface area contributed by atoms with Crippen LogP contribution in [-0.2, 0) is 6.42 Å². The quantitative estimate of drug-likeness (QED) is 0.497. The Morgan fingerprint density at radius 1 is 1.11 bits per heavy atom. The number of carbonyl (C=O) groups is 2. The van der Waals surface area contributed by atoms with E-state index in [0.717, 1.165) is 12.8 Å². The summed E-state index contributed by atoms with van der Waals surface area (Å²) in [6.07, 6.45) is 2.24. The van der Waals surface area contributed by atoms with E-state index < -0.39 is 11.9 Å². The average Bonchev–Trinajstić information content (AvgIpc) is 2.25. The molecule has 0 aliphatic rings. The molecule has 0 aromatic heterocycles. The number of rotatable bonds is 5. The second-order valence-electron chi connectivity index (χ2n) is 3.52. The molecule has 0 saturated heterocycles. The zero-order valence-electron chi connectivity index (χ0n) is 11.0. The third kappa shape index (κ3) is 5.43. The van der Waals surface area contributed by atoms with Crippen molar-refractivity contribution in [2.24, 2.45) is 0 Å². The van der Waals surface area contributed by atoms with Crippen LogP contribution in [0.2, 0.25) is 0 Å².